The van der Waals surface area contributed by atoms with Crippen LogP contribution >= 0.6 is 6.57 Å². The first-order valence-electron chi connectivity index (χ1n) is 4.08. The minimum absolute atomic E-state index is 0.114. The maximum Gasteiger partial charge on any atom is 0.197 e. The molecule has 1 unspecified atom stereocenters. The summed E-state index contributed by atoms with van der Waals surface area (Å²) in [5, 5.41) is 2.77. The van der Waals surface area contributed by atoms with Crippen LogP contribution in [0.25, 0.3) is 0 Å². The van der Waals surface area contributed by atoms with Crippen LogP contribution in [0, 0.1) is 0 Å². The average molecular weight is 260 g/mol. The van der Waals surface area contributed by atoms with E-state index in [9.17, 15) is 13.3 Å². The summed E-state index contributed by atoms with van der Waals surface area (Å²) >= 11 is 4.91. The second-order valence-corrected chi connectivity index (χ2v) is 9.27. The lowest BCUT2D eigenvalue weighted by Gasteiger charge is -2.23. The zero-order valence-corrected chi connectivity index (χ0v) is 11.1. The number of sulfone groups is 1. The Labute approximate surface area is 90.6 Å². The third-order valence-electron chi connectivity index (χ3n) is 1.55. The smallest absolute Gasteiger partial charge is 0.197 e. The van der Waals surface area contributed by atoms with Gasteiger partial charge in [-0.15, -0.1) is 0 Å². The second-order valence-electron chi connectivity index (χ2n) is 3.28. The summed E-state index contributed by atoms with van der Waals surface area (Å²) < 4.78 is 23.1. The fourth-order valence-corrected chi connectivity index (χ4v) is 2.38. The first kappa shape index (κ1) is 14.5. The van der Waals surface area contributed by atoms with Crippen molar-refractivity contribution in [1.82, 2.24) is 9.76 Å². The molecule has 2 N–H and O–H groups in total. The van der Waals surface area contributed by atoms with Crippen LogP contribution in [0.1, 0.15) is 6.42 Å². The fraction of sp³-hybridized carbons (Fsp3) is 1.00. The number of nitrogens with zero attached hydrogens (tertiary/aromatic N) is 1. The Morgan fingerprint density at radius 1 is 1.50 bits per heavy atom. The zero-order chi connectivity index (χ0) is 11.4. The largest absolute Gasteiger partial charge is 0.343 e. The summed E-state index contributed by atoms with van der Waals surface area (Å²) in [6, 6.07) is 0. The van der Waals surface area contributed by atoms with E-state index in [0.29, 0.717) is 13.0 Å². The van der Waals surface area contributed by atoms with Gasteiger partial charge in [-0.25, -0.2) is 13.1 Å². The molecule has 0 rings (SSSR count). The molecule has 0 aromatic heterocycles. The molecule has 0 saturated carbocycles. The monoisotopic (exact) mass is 260 g/mol. The molecule has 0 bridgehead atoms. The third kappa shape index (κ3) is 6.86. The molecule has 0 aliphatic heterocycles. The van der Waals surface area contributed by atoms with Crippen molar-refractivity contribution < 1.29 is 13.3 Å². The summed E-state index contributed by atoms with van der Waals surface area (Å²) in [6.45, 7) is -2.21. The number of nitrogens with one attached hydrogen (secondary N) is 1. The summed E-state index contributed by atoms with van der Waals surface area (Å²) in [4.78, 5) is 9.61. The van der Waals surface area contributed by atoms with Crippen molar-refractivity contribution in [1.29, 1.82) is 0 Å². The van der Waals surface area contributed by atoms with Crippen molar-refractivity contribution in [3.63, 3.8) is 0 Å². The van der Waals surface area contributed by atoms with Crippen molar-refractivity contribution in [2.75, 3.05) is 32.6 Å². The third-order valence-corrected chi connectivity index (χ3v) is 5.67. The predicted molar refractivity (Wildman–Crippen MR) is 62.5 cm³/mol. The summed E-state index contributed by atoms with van der Waals surface area (Å²) in [7, 11) is 0.451. The molecule has 0 aromatic rings. The van der Waals surface area contributed by atoms with E-state index in [-0.39, 0.29) is 5.75 Å². The topological polar surface area (TPSA) is 69.6 Å². The van der Waals surface area contributed by atoms with Gasteiger partial charge >= 0.3 is 0 Å². The molecule has 0 fully saturated rings. The molecular weight excluding hydrogens is 243 g/mol. The van der Waals surface area contributed by atoms with E-state index in [4.69, 9.17) is 11.8 Å². The molecule has 86 valence electrons. The van der Waals surface area contributed by atoms with Crippen LogP contribution in [0.4, 0.5) is 0 Å². The van der Waals surface area contributed by atoms with E-state index in [2.05, 4.69) is 5.09 Å². The lowest BCUT2D eigenvalue weighted by Crippen LogP contribution is -2.23. The number of hydrogen-bond donors (Lipinski definition) is 2. The highest BCUT2D eigenvalue weighted by atomic mass is 32.4. The van der Waals surface area contributed by atoms with E-state index >= 15 is 0 Å². The molecule has 0 saturated heterocycles. The molecule has 0 aromatic carbocycles. The number of rotatable bonds is 6. The first-order valence-corrected chi connectivity index (χ1v) is 8.85. The zero-order valence-electron chi connectivity index (χ0n) is 8.60. The Morgan fingerprint density at radius 3 is 2.36 bits per heavy atom. The van der Waals surface area contributed by atoms with Crippen LogP contribution in [0.5, 0.6) is 0 Å². The highest BCUT2D eigenvalue weighted by molar-refractivity contribution is 8.09. The van der Waals surface area contributed by atoms with Crippen LogP contribution < -0.4 is 5.09 Å². The van der Waals surface area contributed by atoms with Gasteiger partial charge < -0.3 is 4.89 Å². The molecule has 8 heteroatoms. The molecule has 0 heterocycles. The lowest BCUT2D eigenvalue weighted by molar-refractivity contribution is 0.505. The van der Waals surface area contributed by atoms with Crippen molar-refractivity contribution in [3.8, 4) is 0 Å². The van der Waals surface area contributed by atoms with E-state index in [1.165, 1.54) is 6.26 Å². The highest BCUT2D eigenvalue weighted by Gasteiger charge is 2.14. The highest BCUT2D eigenvalue weighted by Crippen LogP contribution is 2.37. The molecule has 0 amide bonds. The van der Waals surface area contributed by atoms with Crippen molar-refractivity contribution in [3.05, 3.63) is 0 Å². The maximum absolute atomic E-state index is 10.8. The standard InChI is InChI=1S/C6H17N2O3PS2/c1-8(2)12(9,13)7-5-4-6-14(3,10)11/h4-6H2,1-3H3,(H2,7,9,13). The van der Waals surface area contributed by atoms with Gasteiger partial charge in [0.2, 0.25) is 0 Å². The molecule has 14 heavy (non-hydrogen) atoms. The molecule has 0 spiro atoms. The average Bonchev–Trinajstić information content (AvgIpc) is 1.96. The summed E-state index contributed by atoms with van der Waals surface area (Å²) in [6.07, 6.45) is 1.65. The Balaban J connectivity index is 3.82. The second kappa shape index (κ2) is 5.53. The van der Waals surface area contributed by atoms with Crippen LogP contribution in [-0.4, -0.2) is 50.6 Å². The van der Waals surface area contributed by atoms with Crippen molar-refractivity contribution in [2.45, 2.75) is 6.42 Å². The van der Waals surface area contributed by atoms with Crippen molar-refractivity contribution in [2.24, 2.45) is 0 Å². The quantitative estimate of drug-likeness (QED) is 0.509. The Bertz CT molecular complexity index is 315. The molecular formula is C6H17N2O3PS2. The van der Waals surface area contributed by atoms with Gasteiger partial charge in [0.25, 0.3) is 0 Å². The van der Waals surface area contributed by atoms with Gasteiger partial charge in [0, 0.05) is 12.8 Å². The lowest BCUT2D eigenvalue weighted by atomic mass is 10.5. The molecule has 1 atom stereocenters. The van der Waals surface area contributed by atoms with Crippen LogP contribution in [0.2, 0.25) is 0 Å². The van der Waals surface area contributed by atoms with E-state index in [1.54, 1.807) is 18.8 Å². The predicted octanol–water partition coefficient (Wildman–Crippen LogP) is -0.211. The van der Waals surface area contributed by atoms with Gasteiger partial charge in [-0.2, -0.15) is 0 Å². The fourth-order valence-electron chi connectivity index (χ4n) is 0.700. The van der Waals surface area contributed by atoms with Gasteiger partial charge in [-0.3, -0.25) is 5.09 Å². The Hall–Kier alpha value is 0.480. The van der Waals surface area contributed by atoms with Gasteiger partial charge in [-0.05, 0) is 32.3 Å². The minimum atomic E-state index is -2.92. The number of hydrogen-bond acceptors (Lipinski definition) is 3. The van der Waals surface area contributed by atoms with Crippen LogP contribution in [0.15, 0.2) is 0 Å². The van der Waals surface area contributed by atoms with Gasteiger partial charge in [0.1, 0.15) is 9.84 Å². The molecule has 5 nitrogen and oxygen atoms in total. The Morgan fingerprint density at radius 2 is 2.00 bits per heavy atom. The normalized spacial score (nSPS) is 16.9. The Kier molecular flexibility index (Phi) is 5.72. The van der Waals surface area contributed by atoms with Gasteiger partial charge in [0.15, 0.2) is 6.57 Å². The van der Waals surface area contributed by atoms with Gasteiger partial charge in [0.05, 0.1) is 5.75 Å². The minimum Gasteiger partial charge on any atom is -0.343 e. The van der Waals surface area contributed by atoms with E-state index < -0.39 is 16.4 Å². The summed E-state index contributed by atoms with van der Waals surface area (Å²) in [5.41, 5.74) is 0. The van der Waals surface area contributed by atoms with Crippen LogP contribution in [0.3, 0.4) is 0 Å². The molecule has 0 aliphatic rings. The van der Waals surface area contributed by atoms with Crippen LogP contribution in [-0.2, 0) is 21.6 Å². The SMILES string of the molecule is CN(C)P(O)(=S)NCCCS(C)(=O)=O. The van der Waals surface area contributed by atoms with E-state index in [0.717, 1.165) is 0 Å². The first-order chi connectivity index (χ1) is 6.15. The summed E-state index contributed by atoms with van der Waals surface area (Å²) in [5.74, 6) is 0.114. The molecule has 0 aliphatic carbocycles. The van der Waals surface area contributed by atoms with Gasteiger partial charge in [-0.1, -0.05) is 0 Å². The molecule has 0 radical (unpaired) electrons. The van der Waals surface area contributed by atoms with Crippen molar-refractivity contribution >= 4 is 28.2 Å². The maximum atomic E-state index is 10.8. The van der Waals surface area contributed by atoms with E-state index in [1.807, 2.05) is 0 Å².